The molecule has 1 aliphatic rings. The summed E-state index contributed by atoms with van der Waals surface area (Å²) in [7, 11) is 0. The van der Waals surface area contributed by atoms with Crippen molar-refractivity contribution in [3.05, 3.63) is 30.1 Å². The fourth-order valence-corrected chi connectivity index (χ4v) is 2.69. The van der Waals surface area contributed by atoms with E-state index < -0.39 is 17.7 Å². The third kappa shape index (κ3) is 2.99. The Labute approximate surface area is 123 Å². The largest absolute Gasteiger partial charge is 0.481 e. The number of hydrogen-bond donors (Lipinski definition) is 1. The summed E-state index contributed by atoms with van der Waals surface area (Å²) < 4.78 is 13.8. The lowest BCUT2D eigenvalue weighted by molar-refractivity contribution is -0.142. The number of likely N-dealkylation sites (tertiary alicyclic amines) is 1. The molecule has 1 aromatic carbocycles. The molecule has 114 valence electrons. The average molecular weight is 294 g/mol. The van der Waals surface area contributed by atoms with Crippen molar-refractivity contribution in [3.8, 4) is 0 Å². The Balaban J connectivity index is 2.19. The molecule has 1 aliphatic heterocycles. The number of aliphatic carboxylic acids is 1. The van der Waals surface area contributed by atoms with E-state index in [0.717, 1.165) is 0 Å². The van der Waals surface area contributed by atoms with Gasteiger partial charge < -0.3 is 10.0 Å². The number of halogens is 1. The van der Waals surface area contributed by atoms with Crippen LogP contribution >= 0.6 is 0 Å². The van der Waals surface area contributed by atoms with Crippen LogP contribution in [-0.4, -0.2) is 41.6 Å². The van der Waals surface area contributed by atoms with Crippen LogP contribution in [0.1, 0.15) is 13.8 Å². The van der Waals surface area contributed by atoms with Gasteiger partial charge in [0, 0.05) is 19.6 Å². The quantitative estimate of drug-likeness (QED) is 0.931. The highest BCUT2D eigenvalue weighted by Crippen LogP contribution is 2.26. The van der Waals surface area contributed by atoms with Gasteiger partial charge in [-0.05, 0) is 25.0 Å². The molecule has 1 saturated heterocycles. The van der Waals surface area contributed by atoms with Gasteiger partial charge in [-0.2, -0.15) is 0 Å². The molecular formula is C15H19FN2O3. The van der Waals surface area contributed by atoms with Crippen LogP contribution in [0.4, 0.5) is 14.9 Å². The number of carboxylic acids is 1. The molecule has 5 nitrogen and oxygen atoms in total. The predicted molar refractivity (Wildman–Crippen MR) is 76.7 cm³/mol. The van der Waals surface area contributed by atoms with Gasteiger partial charge in [0.25, 0.3) is 0 Å². The van der Waals surface area contributed by atoms with Gasteiger partial charge in [0.2, 0.25) is 0 Å². The highest BCUT2D eigenvalue weighted by atomic mass is 19.1. The van der Waals surface area contributed by atoms with Crippen molar-refractivity contribution in [1.82, 2.24) is 4.90 Å². The number of carbonyl (C=O) groups is 2. The number of anilines is 1. The molecule has 2 rings (SSSR count). The van der Waals surface area contributed by atoms with Gasteiger partial charge in [-0.25, -0.2) is 9.18 Å². The summed E-state index contributed by atoms with van der Waals surface area (Å²) in [5.41, 5.74) is 0.219. The molecule has 1 aromatic rings. The fraction of sp³-hybridized carbons (Fsp3) is 0.467. The van der Waals surface area contributed by atoms with Crippen molar-refractivity contribution in [2.24, 2.45) is 11.8 Å². The normalized spacial score (nSPS) is 21.4. The summed E-state index contributed by atoms with van der Waals surface area (Å²) in [4.78, 5) is 26.5. The fourth-order valence-electron chi connectivity index (χ4n) is 2.69. The predicted octanol–water partition coefficient (Wildman–Crippen LogP) is 2.42. The summed E-state index contributed by atoms with van der Waals surface area (Å²) in [6.45, 7) is 4.44. The number of carbonyl (C=O) groups excluding carboxylic acids is 1. The van der Waals surface area contributed by atoms with E-state index in [1.165, 1.54) is 15.9 Å². The number of rotatable bonds is 3. The van der Waals surface area contributed by atoms with Gasteiger partial charge in [0.15, 0.2) is 0 Å². The monoisotopic (exact) mass is 294 g/mol. The smallest absolute Gasteiger partial charge is 0.324 e. The van der Waals surface area contributed by atoms with E-state index in [1.54, 1.807) is 25.1 Å². The van der Waals surface area contributed by atoms with Crippen molar-refractivity contribution in [1.29, 1.82) is 0 Å². The van der Waals surface area contributed by atoms with Crippen LogP contribution in [0.3, 0.4) is 0 Å². The van der Waals surface area contributed by atoms with E-state index in [-0.39, 0.29) is 24.2 Å². The Hall–Kier alpha value is -2.11. The molecule has 0 radical (unpaired) electrons. The van der Waals surface area contributed by atoms with Gasteiger partial charge in [-0.15, -0.1) is 0 Å². The maximum absolute atomic E-state index is 13.8. The summed E-state index contributed by atoms with van der Waals surface area (Å²) >= 11 is 0. The second-order valence-electron chi connectivity index (χ2n) is 5.31. The molecular weight excluding hydrogens is 275 g/mol. The summed E-state index contributed by atoms with van der Waals surface area (Å²) in [5.74, 6) is -2.03. The molecule has 0 unspecified atom stereocenters. The zero-order valence-corrected chi connectivity index (χ0v) is 12.1. The average Bonchev–Trinajstić information content (AvgIpc) is 2.84. The van der Waals surface area contributed by atoms with Crippen molar-refractivity contribution in [2.45, 2.75) is 13.8 Å². The Morgan fingerprint density at radius 2 is 2.05 bits per heavy atom. The van der Waals surface area contributed by atoms with E-state index in [4.69, 9.17) is 5.11 Å². The standard InChI is InChI=1S/C15H19FN2O3/c1-3-18(13-7-5-4-6-12(13)16)15(21)17-8-10(2)11(9-17)14(19)20/h4-7,10-11H,3,8-9H2,1-2H3,(H,19,20)/t10-,11-/m1/s1. The Kier molecular flexibility index (Phi) is 4.45. The lowest BCUT2D eigenvalue weighted by Gasteiger charge is -2.27. The molecule has 0 bridgehead atoms. The van der Waals surface area contributed by atoms with Gasteiger partial charge in [0.1, 0.15) is 5.82 Å². The molecule has 6 heteroatoms. The second kappa shape index (κ2) is 6.11. The lowest BCUT2D eigenvalue weighted by atomic mass is 9.99. The van der Waals surface area contributed by atoms with Crippen molar-refractivity contribution in [3.63, 3.8) is 0 Å². The molecule has 1 fully saturated rings. The van der Waals surface area contributed by atoms with Crippen LogP contribution in [-0.2, 0) is 4.79 Å². The zero-order valence-electron chi connectivity index (χ0n) is 12.1. The maximum Gasteiger partial charge on any atom is 0.324 e. The highest BCUT2D eigenvalue weighted by Gasteiger charge is 2.38. The second-order valence-corrected chi connectivity index (χ2v) is 5.31. The van der Waals surface area contributed by atoms with Crippen LogP contribution < -0.4 is 4.90 Å². The number of para-hydroxylation sites is 1. The minimum atomic E-state index is -0.897. The lowest BCUT2D eigenvalue weighted by Crippen LogP contribution is -2.43. The molecule has 21 heavy (non-hydrogen) atoms. The van der Waals surface area contributed by atoms with Gasteiger partial charge in [0.05, 0.1) is 11.6 Å². The van der Waals surface area contributed by atoms with Gasteiger partial charge in [-0.3, -0.25) is 9.69 Å². The van der Waals surface area contributed by atoms with Gasteiger partial charge in [-0.1, -0.05) is 19.1 Å². The van der Waals surface area contributed by atoms with Crippen LogP contribution in [0.2, 0.25) is 0 Å². The SMILES string of the molecule is CCN(C(=O)N1C[C@@H](C)[C@H](C(=O)O)C1)c1ccccc1F. The van der Waals surface area contributed by atoms with E-state index in [2.05, 4.69) is 0 Å². The van der Waals surface area contributed by atoms with E-state index in [1.807, 2.05) is 6.92 Å². The van der Waals surface area contributed by atoms with Crippen molar-refractivity contribution < 1.29 is 19.1 Å². The molecule has 0 aliphatic carbocycles. The molecule has 1 N–H and O–H groups in total. The first kappa shape index (κ1) is 15.3. The number of hydrogen-bond acceptors (Lipinski definition) is 2. The van der Waals surface area contributed by atoms with E-state index >= 15 is 0 Å². The van der Waals surface area contributed by atoms with E-state index in [9.17, 15) is 14.0 Å². The first-order chi connectivity index (χ1) is 9.95. The number of nitrogens with zero attached hydrogens (tertiary/aromatic N) is 2. The number of carboxylic acid groups (broad SMARTS) is 1. The number of amides is 2. The van der Waals surface area contributed by atoms with E-state index in [0.29, 0.717) is 13.1 Å². The van der Waals surface area contributed by atoms with Crippen molar-refractivity contribution in [2.75, 3.05) is 24.5 Å². The Bertz CT molecular complexity index is 549. The minimum absolute atomic E-state index is 0.106. The van der Waals surface area contributed by atoms with Gasteiger partial charge >= 0.3 is 12.0 Å². The molecule has 0 saturated carbocycles. The van der Waals surface area contributed by atoms with Crippen LogP contribution in [0.25, 0.3) is 0 Å². The van der Waals surface area contributed by atoms with Crippen molar-refractivity contribution >= 4 is 17.7 Å². The Morgan fingerprint density at radius 3 is 2.57 bits per heavy atom. The first-order valence-corrected chi connectivity index (χ1v) is 6.99. The topological polar surface area (TPSA) is 60.9 Å². The maximum atomic E-state index is 13.8. The molecule has 0 spiro atoms. The molecule has 1 heterocycles. The third-order valence-electron chi connectivity index (χ3n) is 3.89. The first-order valence-electron chi connectivity index (χ1n) is 6.99. The molecule has 0 aromatic heterocycles. The highest BCUT2D eigenvalue weighted by molar-refractivity contribution is 5.92. The summed E-state index contributed by atoms with van der Waals surface area (Å²) in [6, 6.07) is 5.73. The van der Waals surface area contributed by atoms with Crippen LogP contribution in [0.5, 0.6) is 0 Å². The molecule has 2 atom stereocenters. The summed E-state index contributed by atoms with van der Waals surface area (Å²) in [6.07, 6.45) is 0. The molecule has 2 amide bonds. The minimum Gasteiger partial charge on any atom is -0.481 e. The summed E-state index contributed by atoms with van der Waals surface area (Å²) in [5, 5.41) is 9.13. The Morgan fingerprint density at radius 1 is 1.38 bits per heavy atom. The number of benzene rings is 1. The zero-order chi connectivity index (χ0) is 15.6. The number of urea groups is 1. The van der Waals surface area contributed by atoms with Crippen LogP contribution in [0.15, 0.2) is 24.3 Å². The third-order valence-corrected chi connectivity index (χ3v) is 3.89. The van der Waals surface area contributed by atoms with Crippen LogP contribution in [0, 0.1) is 17.7 Å².